The standard InChI is InChI=1S/C23H26N4O4S2/c1-15-6-7-18(12-16(15)2)23(28)26-8-10-27(11-9-26)33(29,30)20-13-19(14-32-20)21-24-22(31-25-21)17-4-3-5-17/h6-7,12-14,17H,3-5,8-11H2,1-2H3. The number of benzene rings is 1. The molecule has 1 saturated heterocycles. The summed E-state index contributed by atoms with van der Waals surface area (Å²) in [6.07, 6.45) is 3.29. The van der Waals surface area contributed by atoms with Crippen LogP contribution in [0.15, 0.2) is 38.4 Å². The molecule has 10 heteroatoms. The number of thiophene rings is 1. The van der Waals surface area contributed by atoms with E-state index in [2.05, 4.69) is 10.1 Å². The zero-order valence-electron chi connectivity index (χ0n) is 18.7. The smallest absolute Gasteiger partial charge is 0.253 e. The third-order valence-electron chi connectivity index (χ3n) is 6.60. The number of piperazine rings is 1. The van der Waals surface area contributed by atoms with E-state index in [1.807, 2.05) is 32.0 Å². The molecule has 1 amide bonds. The summed E-state index contributed by atoms with van der Waals surface area (Å²) in [6, 6.07) is 7.27. The number of aromatic nitrogens is 2. The molecule has 8 nitrogen and oxygen atoms in total. The highest BCUT2D eigenvalue weighted by atomic mass is 32.2. The van der Waals surface area contributed by atoms with Crippen molar-refractivity contribution in [2.24, 2.45) is 0 Å². The van der Waals surface area contributed by atoms with Crippen LogP contribution in [0.2, 0.25) is 0 Å². The van der Waals surface area contributed by atoms with Crippen LogP contribution in [-0.4, -0.2) is 59.8 Å². The van der Waals surface area contributed by atoms with Gasteiger partial charge in [0.05, 0.1) is 0 Å². The maximum atomic E-state index is 13.2. The van der Waals surface area contributed by atoms with E-state index in [0.29, 0.717) is 41.8 Å². The Kier molecular flexibility index (Phi) is 5.84. The van der Waals surface area contributed by atoms with Crippen LogP contribution in [0.25, 0.3) is 11.4 Å². The van der Waals surface area contributed by atoms with Crippen LogP contribution >= 0.6 is 11.3 Å². The molecule has 0 atom stereocenters. The number of rotatable bonds is 5. The Hall–Kier alpha value is -2.56. The second-order valence-corrected chi connectivity index (χ2v) is 11.8. The van der Waals surface area contributed by atoms with Gasteiger partial charge in [0.15, 0.2) is 0 Å². The Morgan fingerprint density at radius 3 is 2.52 bits per heavy atom. The molecule has 0 radical (unpaired) electrons. The molecular weight excluding hydrogens is 460 g/mol. The predicted octanol–water partition coefficient (Wildman–Crippen LogP) is 3.83. The van der Waals surface area contributed by atoms with E-state index in [-0.39, 0.29) is 23.2 Å². The van der Waals surface area contributed by atoms with Gasteiger partial charge in [-0.15, -0.1) is 11.3 Å². The van der Waals surface area contributed by atoms with Gasteiger partial charge in [-0.25, -0.2) is 8.42 Å². The predicted molar refractivity (Wildman–Crippen MR) is 125 cm³/mol. The fourth-order valence-corrected chi connectivity index (χ4v) is 6.79. The van der Waals surface area contributed by atoms with Crippen molar-refractivity contribution in [3.05, 3.63) is 52.2 Å². The Morgan fingerprint density at radius 2 is 1.85 bits per heavy atom. The van der Waals surface area contributed by atoms with E-state index >= 15 is 0 Å². The first-order valence-electron chi connectivity index (χ1n) is 11.1. The van der Waals surface area contributed by atoms with E-state index in [1.54, 1.807) is 16.3 Å². The summed E-state index contributed by atoms with van der Waals surface area (Å²) >= 11 is 1.16. The normalized spacial score (nSPS) is 17.8. The maximum absolute atomic E-state index is 13.2. The van der Waals surface area contributed by atoms with Gasteiger partial charge in [0.1, 0.15) is 4.21 Å². The van der Waals surface area contributed by atoms with Gasteiger partial charge in [0.25, 0.3) is 15.9 Å². The van der Waals surface area contributed by atoms with Crippen molar-refractivity contribution in [1.82, 2.24) is 19.3 Å². The zero-order valence-corrected chi connectivity index (χ0v) is 20.3. The summed E-state index contributed by atoms with van der Waals surface area (Å²) in [5, 5.41) is 5.79. The summed E-state index contributed by atoms with van der Waals surface area (Å²) in [7, 11) is -3.65. The average Bonchev–Trinajstić information content (AvgIpc) is 3.44. The van der Waals surface area contributed by atoms with Crippen molar-refractivity contribution in [3.63, 3.8) is 0 Å². The SMILES string of the molecule is Cc1ccc(C(=O)N2CCN(S(=O)(=O)c3cc(-c4noc(C5CCC5)n4)cs3)CC2)cc1C. The van der Waals surface area contributed by atoms with Crippen LogP contribution in [0.5, 0.6) is 0 Å². The second-order valence-electron chi connectivity index (χ2n) is 8.73. The fraction of sp³-hybridized carbons (Fsp3) is 0.435. The van der Waals surface area contributed by atoms with Gasteiger partial charge < -0.3 is 9.42 Å². The number of sulfonamides is 1. The summed E-state index contributed by atoms with van der Waals surface area (Å²) in [6.45, 7) is 5.24. The van der Waals surface area contributed by atoms with E-state index in [0.717, 1.165) is 35.3 Å². The second kappa shape index (κ2) is 8.66. The van der Waals surface area contributed by atoms with Crippen LogP contribution in [0.1, 0.15) is 52.6 Å². The third-order valence-corrected chi connectivity index (χ3v) is 9.92. The van der Waals surface area contributed by atoms with Crippen LogP contribution in [0, 0.1) is 13.8 Å². The highest BCUT2D eigenvalue weighted by molar-refractivity contribution is 7.91. The first-order valence-corrected chi connectivity index (χ1v) is 13.4. The van der Waals surface area contributed by atoms with E-state index in [1.165, 1.54) is 10.7 Å². The molecule has 2 aliphatic rings. The Bertz CT molecular complexity index is 1290. The minimum Gasteiger partial charge on any atom is -0.339 e. The van der Waals surface area contributed by atoms with E-state index in [9.17, 15) is 13.2 Å². The highest BCUT2D eigenvalue weighted by Gasteiger charge is 2.32. The summed E-state index contributed by atoms with van der Waals surface area (Å²) in [4.78, 5) is 19.0. The molecule has 0 bridgehead atoms. The van der Waals surface area contributed by atoms with Gasteiger partial charge in [-0.1, -0.05) is 17.6 Å². The van der Waals surface area contributed by atoms with Crippen molar-refractivity contribution in [1.29, 1.82) is 0 Å². The lowest BCUT2D eigenvalue weighted by Gasteiger charge is -2.33. The van der Waals surface area contributed by atoms with E-state index < -0.39 is 10.0 Å². The third kappa shape index (κ3) is 4.22. The van der Waals surface area contributed by atoms with Crippen LogP contribution in [0.3, 0.4) is 0 Å². The van der Waals surface area contributed by atoms with Crippen molar-refractivity contribution in [2.45, 2.75) is 43.2 Å². The molecule has 1 aliphatic heterocycles. The molecule has 2 fully saturated rings. The Balaban J connectivity index is 1.25. The molecule has 5 rings (SSSR count). The van der Waals surface area contributed by atoms with Crippen molar-refractivity contribution < 1.29 is 17.7 Å². The van der Waals surface area contributed by atoms with Crippen molar-refractivity contribution >= 4 is 27.3 Å². The molecule has 3 heterocycles. The molecule has 0 unspecified atom stereocenters. The molecule has 174 valence electrons. The van der Waals surface area contributed by atoms with Crippen LogP contribution in [-0.2, 0) is 10.0 Å². The topological polar surface area (TPSA) is 96.6 Å². The highest BCUT2D eigenvalue weighted by Crippen LogP contribution is 2.37. The van der Waals surface area contributed by atoms with Crippen molar-refractivity contribution in [3.8, 4) is 11.4 Å². The molecule has 3 aromatic rings. The number of carbonyl (C=O) groups excluding carboxylic acids is 1. The lowest BCUT2D eigenvalue weighted by atomic mass is 9.85. The van der Waals surface area contributed by atoms with Gasteiger partial charge in [0.2, 0.25) is 11.7 Å². The Labute approximate surface area is 197 Å². The number of amides is 1. The number of hydrogen-bond acceptors (Lipinski definition) is 7. The van der Waals surface area contributed by atoms with Gasteiger partial charge >= 0.3 is 0 Å². The van der Waals surface area contributed by atoms with Crippen LogP contribution < -0.4 is 0 Å². The molecule has 2 aromatic heterocycles. The van der Waals surface area contributed by atoms with Gasteiger partial charge in [-0.2, -0.15) is 9.29 Å². The summed E-state index contributed by atoms with van der Waals surface area (Å²) < 4.78 is 33.5. The Morgan fingerprint density at radius 1 is 1.09 bits per heavy atom. The minimum absolute atomic E-state index is 0.0621. The molecule has 1 aliphatic carbocycles. The zero-order chi connectivity index (χ0) is 23.2. The van der Waals surface area contributed by atoms with E-state index in [4.69, 9.17) is 4.52 Å². The van der Waals surface area contributed by atoms with Gasteiger partial charge in [-0.05, 0) is 56.0 Å². The monoisotopic (exact) mass is 486 g/mol. The first kappa shape index (κ1) is 22.2. The lowest BCUT2D eigenvalue weighted by Crippen LogP contribution is -2.50. The minimum atomic E-state index is -3.65. The summed E-state index contributed by atoms with van der Waals surface area (Å²) in [5.41, 5.74) is 3.49. The molecule has 1 saturated carbocycles. The quantitative estimate of drug-likeness (QED) is 0.544. The molecule has 33 heavy (non-hydrogen) atoms. The van der Waals surface area contributed by atoms with Crippen LogP contribution in [0.4, 0.5) is 0 Å². The van der Waals surface area contributed by atoms with Crippen molar-refractivity contribution in [2.75, 3.05) is 26.2 Å². The average molecular weight is 487 g/mol. The molecule has 0 N–H and O–H groups in total. The number of carbonyl (C=O) groups is 1. The number of nitrogens with zero attached hydrogens (tertiary/aromatic N) is 4. The fourth-order valence-electron chi connectivity index (χ4n) is 4.06. The maximum Gasteiger partial charge on any atom is 0.253 e. The van der Waals surface area contributed by atoms with Gasteiger partial charge in [0, 0.05) is 48.6 Å². The number of hydrogen-bond donors (Lipinski definition) is 0. The largest absolute Gasteiger partial charge is 0.339 e. The van der Waals surface area contributed by atoms with Gasteiger partial charge in [-0.3, -0.25) is 4.79 Å². The number of aryl methyl sites for hydroxylation is 2. The molecule has 0 spiro atoms. The molecular formula is C23H26N4O4S2. The lowest BCUT2D eigenvalue weighted by molar-refractivity contribution is 0.0698. The first-order chi connectivity index (χ1) is 15.8. The molecule has 1 aromatic carbocycles. The summed E-state index contributed by atoms with van der Waals surface area (Å²) in [5.74, 6) is 1.33.